The fourth-order valence-electron chi connectivity index (χ4n) is 3.53. The molecule has 1 aromatic carbocycles. The van der Waals surface area contributed by atoms with Crippen LogP contribution in [0.2, 0.25) is 0 Å². The van der Waals surface area contributed by atoms with Gasteiger partial charge in [-0.25, -0.2) is 0 Å². The van der Waals surface area contributed by atoms with E-state index in [0.29, 0.717) is 5.92 Å². The van der Waals surface area contributed by atoms with Crippen molar-refractivity contribution in [1.82, 2.24) is 0 Å². The van der Waals surface area contributed by atoms with Crippen LogP contribution < -0.4 is 0 Å². The van der Waals surface area contributed by atoms with E-state index in [0.717, 1.165) is 17.7 Å². The minimum absolute atomic E-state index is 0.109. The lowest BCUT2D eigenvalue weighted by molar-refractivity contribution is 0.993. The van der Waals surface area contributed by atoms with Crippen LogP contribution >= 0.6 is 7.92 Å². The molecule has 118 valence electrons. The molecule has 0 saturated heterocycles. The Kier molecular flexibility index (Phi) is 6.21. The zero-order valence-electron chi connectivity index (χ0n) is 14.6. The van der Waals surface area contributed by atoms with Gasteiger partial charge >= 0.3 is 0 Å². The van der Waals surface area contributed by atoms with Crippen LogP contribution in [0, 0.1) is 5.92 Å². The van der Waals surface area contributed by atoms with Crippen LogP contribution in [0.25, 0.3) is 5.57 Å². The van der Waals surface area contributed by atoms with E-state index in [2.05, 4.69) is 89.3 Å². The van der Waals surface area contributed by atoms with Gasteiger partial charge in [0.05, 0.1) is 0 Å². The van der Waals surface area contributed by atoms with Crippen LogP contribution in [0.15, 0.2) is 60.0 Å². The Balaban J connectivity index is 2.61. The van der Waals surface area contributed by atoms with E-state index < -0.39 is 0 Å². The molecule has 0 fully saturated rings. The van der Waals surface area contributed by atoms with Gasteiger partial charge in [0, 0.05) is 5.92 Å². The minimum atomic E-state index is -0.109. The molecule has 1 heteroatoms. The van der Waals surface area contributed by atoms with E-state index in [-0.39, 0.29) is 7.92 Å². The molecule has 0 aliphatic heterocycles. The van der Waals surface area contributed by atoms with Crippen molar-refractivity contribution in [2.24, 2.45) is 5.92 Å². The zero-order valence-corrected chi connectivity index (χ0v) is 15.5. The average molecular weight is 312 g/mol. The maximum atomic E-state index is 2.39. The molecule has 0 amide bonds. The molecule has 1 aliphatic carbocycles. The van der Waals surface area contributed by atoms with Crippen molar-refractivity contribution in [3.63, 3.8) is 0 Å². The third kappa shape index (κ3) is 3.79. The van der Waals surface area contributed by atoms with Crippen LogP contribution in [0.5, 0.6) is 0 Å². The van der Waals surface area contributed by atoms with Crippen molar-refractivity contribution in [3.8, 4) is 0 Å². The van der Waals surface area contributed by atoms with Crippen molar-refractivity contribution < 1.29 is 0 Å². The van der Waals surface area contributed by atoms with Crippen molar-refractivity contribution in [1.29, 1.82) is 0 Å². The molecule has 0 atom stereocenters. The van der Waals surface area contributed by atoms with Gasteiger partial charge in [-0.1, -0.05) is 97.2 Å². The second-order valence-electron chi connectivity index (χ2n) is 6.47. The van der Waals surface area contributed by atoms with Crippen molar-refractivity contribution in [2.45, 2.75) is 52.4 Å². The first kappa shape index (κ1) is 17.2. The van der Waals surface area contributed by atoms with E-state index in [1.54, 1.807) is 10.9 Å². The quantitative estimate of drug-likeness (QED) is 0.504. The van der Waals surface area contributed by atoms with Crippen LogP contribution in [-0.2, 0) is 0 Å². The molecule has 0 spiro atoms. The lowest BCUT2D eigenvalue weighted by Gasteiger charge is -2.32. The summed E-state index contributed by atoms with van der Waals surface area (Å²) in [7, 11) is -0.109. The number of allylic oxidation sites excluding steroid dienone is 6. The highest BCUT2D eigenvalue weighted by atomic mass is 31.1. The fourth-order valence-corrected chi connectivity index (χ4v) is 6.89. The summed E-state index contributed by atoms with van der Waals surface area (Å²) in [6, 6.07) is 11.0. The normalized spacial score (nSPS) is 16.2. The first-order valence-corrected chi connectivity index (χ1v) is 9.96. The van der Waals surface area contributed by atoms with Gasteiger partial charge in [-0.15, -0.1) is 0 Å². The molecular weight excluding hydrogens is 283 g/mol. The first-order valence-electron chi connectivity index (χ1n) is 8.48. The number of hydrogen-bond donors (Lipinski definition) is 0. The predicted molar refractivity (Wildman–Crippen MR) is 103 cm³/mol. The Morgan fingerprint density at radius 1 is 0.955 bits per heavy atom. The molecule has 0 heterocycles. The number of hydrogen-bond acceptors (Lipinski definition) is 0. The summed E-state index contributed by atoms with van der Waals surface area (Å²) < 4.78 is 0. The Bertz CT molecular complexity index is 541. The van der Waals surface area contributed by atoms with Gasteiger partial charge in [-0.3, -0.25) is 0 Å². The summed E-state index contributed by atoms with van der Waals surface area (Å²) in [5, 5.41) is 1.70. The van der Waals surface area contributed by atoms with Crippen LogP contribution in [0.1, 0.15) is 46.6 Å². The minimum Gasteiger partial charge on any atom is -0.0742 e. The molecular formula is C21H29P. The average Bonchev–Trinajstić information content (AvgIpc) is 3.00. The van der Waals surface area contributed by atoms with Gasteiger partial charge < -0.3 is 0 Å². The number of rotatable bonds is 6. The van der Waals surface area contributed by atoms with Crippen LogP contribution in [0.3, 0.4) is 0 Å². The van der Waals surface area contributed by atoms with E-state index in [1.165, 1.54) is 5.56 Å². The highest BCUT2D eigenvalue weighted by molar-refractivity contribution is 7.63. The molecule has 1 aromatic rings. The summed E-state index contributed by atoms with van der Waals surface area (Å²) in [5.41, 5.74) is 4.42. The summed E-state index contributed by atoms with van der Waals surface area (Å²) in [6.45, 7) is 11.9. The maximum absolute atomic E-state index is 2.39. The third-order valence-electron chi connectivity index (χ3n) is 4.24. The smallest absolute Gasteiger partial charge is 0.0213 e. The molecule has 1 aliphatic rings. The fraction of sp³-hybridized carbons (Fsp3) is 0.429. The summed E-state index contributed by atoms with van der Waals surface area (Å²) in [5.74, 6) is 0.444. The van der Waals surface area contributed by atoms with Gasteiger partial charge in [-0.05, 0) is 34.2 Å². The van der Waals surface area contributed by atoms with Gasteiger partial charge in [0.2, 0.25) is 0 Å². The Morgan fingerprint density at radius 2 is 1.50 bits per heavy atom. The third-order valence-corrected chi connectivity index (χ3v) is 7.64. The van der Waals surface area contributed by atoms with Gasteiger partial charge in [0.1, 0.15) is 0 Å². The molecule has 0 unspecified atom stereocenters. The van der Waals surface area contributed by atoms with E-state index in [4.69, 9.17) is 0 Å². The van der Waals surface area contributed by atoms with Crippen molar-refractivity contribution in [3.05, 3.63) is 65.5 Å². The second-order valence-corrected chi connectivity index (χ2v) is 9.89. The lowest BCUT2D eigenvalue weighted by atomic mass is 9.92. The molecule has 0 radical (unpaired) electrons. The summed E-state index contributed by atoms with van der Waals surface area (Å²) in [4.78, 5) is 0. The lowest BCUT2D eigenvalue weighted by Crippen LogP contribution is -2.09. The van der Waals surface area contributed by atoms with Crippen LogP contribution in [0.4, 0.5) is 0 Å². The Morgan fingerprint density at radius 3 is 1.95 bits per heavy atom. The SMILES string of the molecule is CCC(=C(c1ccccc1)C1C=CC=C1)P(C(C)C)C(C)C. The Labute approximate surface area is 137 Å². The standard InChI is InChI=1S/C21H29P/c1-6-20(22(16(2)3)17(4)5)21(19-14-10-11-15-19)18-12-8-7-9-13-18/h7-17,19H,6H2,1-5H3. The van der Waals surface area contributed by atoms with Crippen molar-refractivity contribution >= 4 is 13.5 Å². The molecule has 22 heavy (non-hydrogen) atoms. The molecule has 2 rings (SSSR count). The van der Waals surface area contributed by atoms with E-state index >= 15 is 0 Å². The number of benzene rings is 1. The molecule has 0 nitrogen and oxygen atoms in total. The first-order chi connectivity index (χ1) is 10.6. The molecule has 0 aromatic heterocycles. The van der Waals surface area contributed by atoms with E-state index in [1.807, 2.05) is 0 Å². The van der Waals surface area contributed by atoms with Crippen LogP contribution in [-0.4, -0.2) is 11.3 Å². The summed E-state index contributed by atoms with van der Waals surface area (Å²) in [6.07, 6.45) is 10.2. The van der Waals surface area contributed by atoms with Gasteiger partial charge in [0.25, 0.3) is 0 Å². The Hall–Kier alpha value is -1.13. The second kappa shape index (κ2) is 7.93. The van der Waals surface area contributed by atoms with Gasteiger partial charge in [-0.2, -0.15) is 0 Å². The molecule has 0 N–H and O–H groups in total. The highest BCUT2D eigenvalue weighted by Crippen LogP contribution is 2.58. The highest BCUT2D eigenvalue weighted by Gasteiger charge is 2.26. The molecule has 0 bridgehead atoms. The van der Waals surface area contributed by atoms with Crippen molar-refractivity contribution in [2.75, 3.05) is 0 Å². The van der Waals surface area contributed by atoms with E-state index in [9.17, 15) is 0 Å². The predicted octanol–water partition coefficient (Wildman–Crippen LogP) is 6.85. The van der Waals surface area contributed by atoms with Gasteiger partial charge in [0.15, 0.2) is 0 Å². The molecule has 0 saturated carbocycles. The largest absolute Gasteiger partial charge is 0.0742 e. The summed E-state index contributed by atoms with van der Waals surface area (Å²) >= 11 is 0. The monoisotopic (exact) mass is 312 g/mol. The topological polar surface area (TPSA) is 0 Å². The maximum Gasteiger partial charge on any atom is 0.0213 e. The zero-order chi connectivity index (χ0) is 16.1.